The molecule has 3 nitrogen and oxygen atoms in total. The average Bonchev–Trinajstić information content (AvgIpc) is 2.43. The largest absolute Gasteiger partial charge is 0.493 e. The van der Waals surface area contributed by atoms with Gasteiger partial charge in [-0.25, -0.2) is 4.58 Å². The van der Waals surface area contributed by atoms with E-state index < -0.39 is 0 Å². The van der Waals surface area contributed by atoms with E-state index in [2.05, 4.69) is 29.8 Å². The number of rotatable bonds is 5. The Morgan fingerprint density at radius 1 is 1.17 bits per heavy atom. The summed E-state index contributed by atoms with van der Waals surface area (Å²) in [6, 6.07) is 4.17. The van der Waals surface area contributed by atoms with Crippen LogP contribution in [0.4, 0.5) is 0 Å². The van der Waals surface area contributed by atoms with Gasteiger partial charge in [-0.1, -0.05) is 13.3 Å². The van der Waals surface area contributed by atoms with Gasteiger partial charge in [-0.15, -0.1) is 0 Å². The van der Waals surface area contributed by atoms with Gasteiger partial charge in [0.25, 0.3) is 0 Å². The summed E-state index contributed by atoms with van der Waals surface area (Å²) >= 11 is 0. The van der Waals surface area contributed by atoms with Crippen LogP contribution in [-0.4, -0.2) is 38.1 Å². The monoisotopic (exact) mass is 248 g/mol. The third kappa shape index (κ3) is 2.66. The predicted octanol–water partition coefficient (Wildman–Crippen LogP) is 2.49. The molecule has 2 rings (SSSR count). The van der Waals surface area contributed by atoms with Crippen molar-refractivity contribution in [2.75, 3.05) is 27.3 Å². The van der Waals surface area contributed by atoms with Gasteiger partial charge in [-0.05, 0) is 17.7 Å². The second-order valence-electron chi connectivity index (χ2n) is 4.67. The number of hydrogen-bond donors (Lipinski definition) is 0. The number of fused-ring (bicyclic) bond motifs is 1. The molecular formula is C15H22NO2+. The van der Waals surface area contributed by atoms with Crippen molar-refractivity contribution in [1.29, 1.82) is 0 Å². The van der Waals surface area contributed by atoms with Crippen LogP contribution in [0.2, 0.25) is 0 Å². The molecule has 98 valence electrons. The summed E-state index contributed by atoms with van der Waals surface area (Å²) in [6.45, 7) is 4.47. The number of unbranched alkanes of at least 4 members (excludes halogenated alkanes) is 1. The molecule has 0 unspecified atom stereocenters. The van der Waals surface area contributed by atoms with Gasteiger partial charge in [0.1, 0.15) is 13.1 Å². The molecule has 0 N–H and O–H groups in total. The molecule has 0 saturated carbocycles. The van der Waals surface area contributed by atoms with Crippen molar-refractivity contribution < 1.29 is 14.0 Å². The number of nitrogens with zero attached hydrogens (tertiary/aromatic N) is 1. The first-order valence-corrected chi connectivity index (χ1v) is 6.62. The smallest absolute Gasteiger partial charge is 0.171 e. The van der Waals surface area contributed by atoms with E-state index >= 15 is 0 Å². The Balaban J connectivity index is 2.29. The summed E-state index contributed by atoms with van der Waals surface area (Å²) in [5, 5.41) is 0. The molecule has 0 aromatic heterocycles. The van der Waals surface area contributed by atoms with Crippen molar-refractivity contribution in [2.24, 2.45) is 0 Å². The second kappa shape index (κ2) is 5.89. The zero-order chi connectivity index (χ0) is 13.0. The van der Waals surface area contributed by atoms with Crippen molar-refractivity contribution in [3.63, 3.8) is 0 Å². The second-order valence-corrected chi connectivity index (χ2v) is 4.67. The first-order chi connectivity index (χ1) is 8.78. The molecule has 18 heavy (non-hydrogen) atoms. The highest BCUT2D eigenvalue weighted by Gasteiger charge is 2.18. The molecule has 1 heterocycles. The molecule has 1 aromatic rings. The van der Waals surface area contributed by atoms with Crippen molar-refractivity contribution in [1.82, 2.24) is 0 Å². The van der Waals surface area contributed by atoms with E-state index in [9.17, 15) is 0 Å². The van der Waals surface area contributed by atoms with Crippen LogP contribution in [0.15, 0.2) is 12.1 Å². The topological polar surface area (TPSA) is 21.5 Å². The lowest BCUT2D eigenvalue weighted by Crippen LogP contribution is -2.23. The maximum atomic E-state index is 5.36. The number of ether oxygens (including phenoxy) is 2. The van der Waals surface area contributed by atoms with E-state index in [0.717, 1.165) is 31.0 Å². The lowest BCUT2D eigenvalue weighted by Gasteiger charge is -2.15. The average molecular weight is 248 g/mol. The zero-order valence-electron chi connectivity index (χ0n) is 11.5. The maximum Gasteiger partial charge on any atom is 0.171 e. The van der Waals surface area contributed by atoms with Gasteiger partial charge in [0.15, 0.2) is 17.7 Å². The highest BCUT2D eigenvalue weighted by molar-refractivity contribution is 5.80. The van der Waals surface area contributed by atoms with E-state index in [0.29, 0.717) is 0 Å². The van der Waals surface area contributed by atoms with Gasteiger partial charge < -0.3 is 9.47 Å². The van der Waals surface area contributed by atoms with Crippen LogP contribution in [0.3, 0.4) is 0 Å². The molecule has 0 spiro atoms. The van der Waals surface area contributed by atoms with Gasteiger partial charge in [-0.2, -0.15) is 0 Å². The normalized spacial score (nSPS) is 13.8. The Morgan fingerprint density at radius 3 is 2.56 bits per heavy atom. The molecule has 0 fully saturated rings. The fraction of sp³-hybridized carbons (Fsp3) is 0.533. The third-order valence-corrected chi connectivity index (χ3v) is 3.43. The van der Waals surface area contributed by atoms with Crippen LogP contribution in [0.1, 0.15) is 30.9 Å². The van der Waals surface area contributed by atoms with Crippen molar-refractivity contribution in [3.8, 4) is 11.5 Å². The molecule has 0 aliphatic carbocycles. The van der Waals surface area contributed by atoms with E-state index in [1.807, 2.05) is 0 Å². The highest BCUT2D eigenvalue weighted by Crippen LogP contribution is 2.31. The number of methoxy groups -OCH3 is 2. The molecule has 1 aliphatic rings. The molecule has 0 radical (unpaired) electrons. The Labute approximate surface area is 109 Å². The lowest BCUT2D eigenvalue weighted by molar-refractivity contribution is -0.524. The van der Waals surface area contributed by atoms with Gasteiger partial charge in [0.05, 0.1) is 14.2 Å². The summed E-state index contributed by atoms with van der Waals surface area (Å²) < 4.78 is 13.1. The molecule has 3 heteroatoms. The Kier molecular flexibility index (Phi) is 4.24. The molecule has 0 saturated heterocycles. The van der Waals surface area contributed by atoms with Crippen LogP contribution in [0, 0.1) is 0 Å². The quantitative estimate of drug-likeness (QED) is 0.747. The molecule has 0 amide bonds. The summed E-state index contributed by atoms with van der Waals surface area (Å²) in [5.41, 5.74) is 2.61. The standard InChI is InChI=1S/C15H22NO2/c1-4-5-7-16-8-6-12-9-14(17-2)15(18-3)10-13(12)11-16/h9-11H,4-8H2,1-3H3/q+1. The zero-order valence-corrected chi connectivity index (χ0v) is 11.5. The van der Waals surface area contributed by atoms with Crippen molar-refractivity contribution >= 4 is 6.21 Å². The van der Waals surface area contributed by atoms with E-state index in [-0.39, 0.29) is 0 Å². The summed E-state index contributed by atoms with van der Waals surface area (Å²) in [7, 11) is 3.37. The van der Waals surface area contributed by atoms with Crippen LogP contribution in [0.5, 0.6) is 11.5 Å². The summed E-state index contributed by atoms with van der Waals surface area (Å²) in [4.78, 5) is 0. The lowest BCUT2D eigenvalue weighted by atomic mass is 10.0. The van der Waals surface area contributed by atoms with E-state index in [1.165, 1.54) is 24.0 Å². The van der Waals surface area contributed by atoms with E-state index in [1.54, 1.807) is 14.2 Å². The minimum absolute atomic E-state index is 0.810. The minimum Gasteiger partial charge on any atom is -0.493 e. The molecule has 0 bridgehead atoms. The third-order valence-electron chi connectivity index (χ3n) is 3.43. The maximum absolute atomic E-state index is 5.36. The van der Waals surface area contributed by atoms with Crippen molar-refractivity contribution in [2.45, 2.75) is 26.2 Å². The van der Waals surface area contributed by atoms with Gasteiger partial charge in [0, 0.05) is 18.4 Å². The van der Waals surface area contributed by atoms with Gasteiger partial charge in [-0.3, -0.25) is 0 Å². The summed E-state index contributed by atoms with van der Waals surface area (Å²) in [6.07, 6.45) is 5.81. The van der Waals surface area contributed by atoms with Crippen LogP contribution in [-0.2, 0) is 6.42 Å². The van der Waals surface area contributed by atoms with Crippen LogP contribution in [0.25, 0.3) is 0 Å². The van der Waals surface area contributed by atoms with Crippen LogP contribution >= 0.6 is 0 Å². The van der Waals surface area contributed by atoms with Crippen LogP contribution < -0.4 is 9.47 Å². The Hall–Kier alpha value is -1.51. The highest BCUT2D eigenvalue weighted by atomic mass is 16.5. The molecule has 1 aromatic carbocycles. The van der Waals surface area contributed by atoms with Crippen molar-refractivity contribution in [3.05, 3.63) is 23.3 Å². The van der Waals surface area contributed by atoms with Gasteiger partial charge in [0.2, 0.25) is 0 Å². The minimum atomic E-state index is 0.810. The fourth-order valence-corrected chi connectivity index (χ4v) is 2.34. The molecule has 1 aliphatic heterocycles. The number of benzene rings is 1. The molecular weight excluding hydrogens is 226 g/mol. The van der Waals surface area contributed by atoms with Gasteiger partial charge >= 0.3 is 0 Å². The predicted molar refractivity (Wildman–Crippen MR) is 73.3 cm³/mol. The first kappa shape index (κ1) is 12.9. The first-order valence-electron chi connectivity index (χ1n) is 6.62. The Bertz CT molecular complexity index is 452. The summed E-state index contributed by atoms with van der Waals surface area (Å²) in [5.74, 6) is 1.64. The SMILES string of the molecule is CCCC[N+]1=Cc2cc(OC)c(OC)cc2CC1. The number of hydrogen-bond acceptors (Lipinski definition) is 2. The molecule has 0 atom stereocenters. The van der Waals surface area contributed by atoms with E-state index in [4.69, 9.17) is 9.47 Å². The fourth-order valence-electron chi connectivity index (χ4n) is 2.34. The Morgan fingerprint density at radius 2 is 1.89 bits per heavy atom.